The quantitative estimate of drug-likeness (QED) is 0.722. The number of hydrogen-bond donors (Lipinski definition) is 2. The van der Waals surface area contributed by atoms with E-state index in [0.717, 1.165) is 6.54 Å². The van der Waals surface area contributed by atoms with E-state index in [-0.39, 0.29) is 24.9 Å². The summed E-state index contributed by atoms with van der Waals surface area (Å²) in [5, 5.41) is 18.1. The van der Waals surface area contributed by atoms with Gasteiger partial charge in [0.2, 0.25) is 0 Å². The first-order chi connectivity index (χ1) is 7.45. The van der Waals surface area contributed by atoms with Gasteiger partial charge in [0, 0.05) is 19.1 Å². The van der Waals surface area contributed by atoms with Crippen molar-refractivity contribution < 1.29 is 19.7 Å². The summed E-state index contributed by atoms with van der Waals surface area (Å²) in [4.78, 5) is 13.0. The van der Waals surface area contributed by atoms with Crippen molar-refractivity contribution >= 4 is 5.97 Å². The number of ether oxygens (including phenoxy) is 1. The fourth-order valence-corrected chi connectivity index (χ4v) is 2.04. The number of nitrogens with zero attached hydrogens (tertiary/aromatic N) is 1. The number of aliphatic hydroxyl groups excluding tert-OH is 1. The molecular weight excluding hydrogens is 210 g/mol. The van der Waals surface area contributed by atoms with Gasteiger partial charge in [0.1, 0.15) is 0 Å². The predicted octanol–water partition coefficient (Wildman–Crippen LogP) is 0.177. The van der Waals surface area contributed by atoms with Crippen molar-refractivity contribution in [2.45, 2.75) is 39.0 Å². The summed E-state index contributed by atoms with van der Waals surface area (Å²) in [6.45, 7) is 6.85. The lowest BCUT2D eigenvalue weighted by atomic mass is 10.0. The molecule has 2 N–H and O–H groups in total. The zero-order valence-corrected chi connectivity index (χ0v) is 10.1. The Hall–Kier alpha value is -0.650. The Kier molecular flexibility index (Phi) is 4.70. The maximum Gasteiger partial charge on any atom is 0.307 e. The minimum atomic E-state index is -0.785. The van der Waals surface area contributed by atoms with Gasteiger partial charge < -0.3 is 14.9 Å². The number of rotatable bonds is 4. The molecule has 94 valence electrons. The molecule has 0 aromatic heterocycles. The smallest absolute Gasteiger partial charge is 0.307 e. The van der Waals surface area contributed by atoms with Crippen LogP contribution >= 0.6 is 0 Å². The molecule has 1 fully saturated rings. The molecule has 1 rings (SSSR count). The molecule has 4 atom stereocenters. The van der Waals surface area contributed by atoms with Crippen LogP contribution in [0.25, 0.3) is 0 Å². The monoisotopic (exact) mass is 231 g/mol. The number of morpholine rings is 1. The van der Waals surface area contributed by atoms with E-state index in [4.69, 9.17) is 14.9 Å². The van der Waals surface area contributed by atoms with Crippen molar-refractivity contribution in [1.82, 2.24) is 4.90 Å². The van der Waals surface area contributed by atoms with Gasteiger partial charge in [0.05, 0.1) is 24.7 Å². The summed E-state index contributed by atoms with van der Waals surface area (Å²) < 4.78 is 5.52. The van der Waals surface area contributed by atoms with Crippen LogP contribution in [0.1, 0.15) is 20.8 Å². The highest BCUT2D eigenvalue weighted by Crippen LogP contribution is 2.18. The van der Waals surface area contributed by atoms with Gasteiger partial charge in [-0.15, -0.1) is 0 Å². The molecule has 4 unspecified atom stereocenters. The van der Waals surface area contributed by atoms with Crippen molar-refractivity contribution in [2.75, 3.05) is 19.7 Å². The Morgan fingerprint density at radius 3 is 2.62 bits per heavy atom. The molecule has 0 bridgehead atoms. The van der Waals surface area contributed by atoms with Gasteiger partial charge in [0.15, 0.2) is 0 Å². The molecule has 1 saturated heterocycles. The molecule has 5 heteroatoms. The fraction of sp³-hybridized carbons (Fsp3) is 0.909. The van der Waals surface area contributed by atoms with Crippen LogP contribution in [0.2, 0.25) is 0 Å². The van der Waals surface area contributed by atoms with Crippen LogP contribution in [-0.2, 0) is 9.53 Å². The molecule has 16 heavy (non-hydrogen) atoms. The average molecular weight is 231 g/mol. The van der Waals surface area contributed by atoms with Crippen LogP contribution in [0.4, 0.5) is 0 Å². The zero-order chi connectivity index (χ0) is 12.3. The van der Waals surface area contributed by atoms with Crippen molar-refractivity contribution in [1.29, 1.82) is 0 Å². The fourth-order valence-electron chi connectivity index (χ4n) is 2.04. The minimum absolute atomic E-state index is 0.0188. The maximum absolute atomic E-state index is 10.9. The number of aliphatic carboxylic acids is 1. The van der Waals surface area contributed by atoms with Crippen LogP contribution in [-0.4, -0.2) is 59.0 Å². The Morgan fingerprint density at radius 1 is 1.50 bits per heavy atom. The summed E-state index contributed by atoms with van der Waals surface area (Å²) >= 11 is 0. The van der Waals surface area contributed by atoms with E-state index in [2.05, 4.69) is 4.90 Å². The van der Waals surface area contributed by atoms with Crippen LogP contribution in [0.5, 0.6) is 0 Å². The Labute approximate surface area is 96.0 Å². The van der Waals surface area contributed by atoms with Gasteiger partial charge in [-0.2, -0.15) is 0 Å². The molecule has 0 aromatic rings. The molecule has 0 spiro atoms. The molecule has 0 aliphatic carbocycles. The summed E-state index contributed by atoms with van der Waals surface area (Å²) in [5.74, 6) is -1.20. The first-order valence-corrected chi connectivity index (χ1v) is 5.68. The van der Waals surface area contributed by atoms with Crippen molar-refractivity contribution in [3.63, 3.8) is 0 Å². The summed E-state index contributed by atoms with van der Waals surface area (Å²) in [6.07, 6.45) is -0.165. The highest BCUT2D eigenvalue weighted by atomic mass is 16.5. The van der Waals surface area contributed by atoms with Gasteiger partial charge >= 0.3 is 5.97 Å². The standard InChI is InChI=1S/C11H21NO4/c1-7-4-12(5-10(6-13)16-7)9(3)8(2)11(14)15/h7-10,13H,4-6H2,1-3H3,(H,14,15). The molecule has 1 aliphatic heterocycles. The van der Waals surface area contributed by atoms with E-state index < -0.39 is 11.9 Å². The number of hydrogen-bond acceptors (Lipinski definition) is 4. The number of carboxylic acid groups (broad SMARTS) is 1. The largest absolute Gasteiger partial charge is 0.481 e. The average Bonchev–Trinajstić information content (AvgIpc) is 2.25. The lowest BCUT2D eigenvalue weighted by Gasteiger charge is -2.40. The van der Waals surface area contributed by atoms with Crippen LogP contribution < -0.4 is 0 Å². The third-order valence-electron chi connectivity index (χ3n) is 3.25. The Balaban J connectivity index is 2.61. The van der Waals surface area contributed by atoms with Crippen molar-refractivity contribution in [3.05, 3.63) is 0 Å². The van der Waals surface area contributed by atoms with Gasteiger partial charge in [-0.05, 0) is 13.8 Å². The normalized spacial score (nSPS) is 31.0. The highest BCUT2D eigenvalue weighted by molar-refractivity contribution is 5.70. The molecule has 0 saturated carbocycles. The maximum atomic E-state index is 10.9. The lowest BCUT2D eigenvalue weighted by molar-refractivity contribution is -0.147. The number of carbonyl (C=O) groups is 1. The third-order valence-corrected chi connectivity index (χ3v) is 3.25. The predicted molar refractivity (Wildman–Crippen MR) is 59.3 cm³/mol. The molecule has 0 amide bonds. The van der Waals surface area contributed by atoms with Gasteiger partial charge in [-0.3, -0.25) is 9.69 Å². The zero-order valence-electron chi connectivity index (χ0n) is 10.1. The third kappa shape index (κ3) is 3.17. The van der Waals surface area contributed by atoms with E-state index in [1.54, 1.807) is 6.92 Å². The molecule has 5 nitrogen and oxygen atoms in total. The number of carboxylic acids is 1. The van der Waals surface area contributed by atoms with E-state index in [1.165, 1.54) is 0 Å². The van der Waals surface area contributed by atoms with Crippen molar-refractivity contribution in [2.24, 2.45) is 5.92 Å². The lowest BCUT2D eigenvalue weighted by Crippen LogP contribution is -2.53. The summed E-state index contributed by atoms with van der Waals surface area (Å²) in [7, 11) is 0. The van der Waals surface area contributed by atoms with Crippen LogP contribution in [0, 0.1) is 5.92 Å². The second-order valence-electron chi connectivity index (χ2n) is 4.57. The van der Waals surface area contributed by atoms with Gasteiger partial charge in [0.25, 0.3) is 0 Å². The Morgan fingerprint density at radius 2 is 2.12 bits per heavy atom. The molecular formula is C11H21NO4. The van der Waals surface area contributed by atoms with E-state index >= 15 is 0 Å². The van der Waals surface area contributed by atoms with Crippen molar-refractivity contribution in [3.8, 4) is 0 Å². The topological polar surface area (TPSA) is 70.0 Å². The van der Waals surface area contributed by atoms with Gasteiger partial charge in [-0.25, -0.2) is 0 Å². The van der Waals surface area contributed by atoms with E-state index in [1.807, 2.05) is 13.8 Å². The summed E-state index contributed by atoms with van der Waals surface area (Å²) in [5.41, 5.74) is 0. The molecule has 0 radical (unpaired) electrons. The molecule has 1 heterocycles. The number of aliphatic hydroxyl groups is 1. The second kappa shape index (κ2) is 5.61. The molecule has 0 aromatic carbocycles. The second-order valence-corrected chi connectivity index (χ2v) is 4.57. The van der Waals surface area contributed by atoms with E-state index in [0.29, 0.717) is 6.54 Å². The first kappa shape index (κ1) is 13.4. The SMILES string of the molecule is CC1CN(C(C)C(C)C(=O)O)CC(CO)O1. The first-order valence-electron chi connectivity index (χ1n) is 5.68. The molecule has 1 aliphatic rings. The van der Waals surface area contributed by atoms with Gasteiger partial charge in [-0.1, -0.05) is 6.92 Å². The van der Waals surface area contributed by atoms with Crippen LogP contribution in [0.15, 0.2) is 0 Å². The minimum Gasteiger partial charge on any atom is -0.481 e. The van der Waals surface area contributed by atoms with Crippen LogP contribution in [0.3, 0.4) is 0 Å². The highest BCUT2D eigenvalue weighted by Gasteiger charge is 2.32. The Bertz CT molecular complexity index is 246. The van der Waals surface area contributed by atoms with E-state index in [9.17, 15) is 4.79 Å². The summed E-state index contributed by atoms with van der Waals surface area (Å²) in [6, 6.07) is -0.0436.